The molecule has 0 amide bonds. The Labute approximate surface area is 186 Å². The number of nitrogens with two attached hydrogens (primary N) is 1. The molecular formula is C22H25F6NO4. The fourth-order valence-corrected chi connectivity index (χ4v) is 3.04. The zero-order valence-corrected chi connectivity index (χ0v) is 17.5. The highest BCUT2D eigenvalue weighted by Gasteiger charge is 2.35. The van der Waals surface area contributed by atoms with Gasteiger partial charge >= 0.3 is 12.5 Å². The highest BCUT2D eigenvalue weighted by atomic mass is 19.4. The Morgan fingerprint density at radius 1 is 0.848 bits per heavy atom. The van der Waals surface area contributed by atoms with Crippen LogP contribution in [0.1, 0.15) is 29.5 Å². The minimum atomic E-state index is -4.82. The second-order valence-corrected chi connectivity index (χ2v) is 7.65. The largest absolute Gasteiger partial charge is 0.573 e. The summed E-state index contributed by atoms with van der Waals surface area (Å²) in [7, 11) is 0. The molecule has 0 atom stereocenters. The van der Waals surface area contributed by atoms with E-state index in [0.29, 0.717) is 11.1 Å². The van der Waals surface area contributed by atoms with Gasteiger partial charge in [0.1, 0.15) is 11.5 Å². The first-order valence-electron chi connectivity index (χ1n) is 10.0. The zero-order chi connectivity index (χ0) is 24.7. The Morgan fingerprint density at radius 2 is 1.52 bits per heavy atom. The van der Waals surface area contributed by atoms with E-state index in [4.69, 9.17) is 10.5 Å². The Balaban J connectivity index is 1.99. The third-order valence-electron chi connectivity index (χ3n) is 4.89. The van der Waals surface area contributed by atoms with E-state index in [2.05, 4.69) is 4.74 Å². The molecule has 0 heterocycles. The fraction of sp³-hybridized carbons (Fsp3) is 0.455. The summed E-state index contributed by atoms with van der Waals surface area (Å²) in [5.41, 5.74) is 4.32. The van der Waals surface area contributed by atoms with Crippen molar-refractivity contribution in [2.45, 2.75) is 43.8 Å². The number of aliphatic hydroxyl groups is 2. The monoisotopic (exact) mass is 481 g/mol. The molecule has 0 saturated carbocycles. The van der Waals surface area contributed by atoms with Crippen LogP contribution in [0.25, 0.3) is 0 Å². The normalized spacial score (nSPS) is 12.6. The van der Waals surface area contributed by atoms with Gasteiger partial charge in [-0.2, -0.15) is 13.2 Å². The van der Waals surface area contributed by atoms with E-state index in [1.54, 1.807) is 6.07 Å². The van der Waals surface area contributed by atoms with Crippen molar-refractivity contribution >= 4 is 0 Å². The molecule has 0 spiro atoms. The first kappa shape index (κ1) is 26.7. The van der Waals surface area contributed by atoms with Crippen molar-refractivity contribution in [1.82, 2.24) is 0 Å². The molecule has 4 N–H and O–H groups in total. The third-order valence-corrected chi connectivity index (χ3v) is 4.89. The standard InChI is InChI=1S/C22H25F6NO4/c23-21(24,25)18-12-16(8-9-20(29,13-30)14-31)6-7-19(18)32-10-2-4-15-3-1-5-17(11-15)33-22(26,27)28/h1,3,5-7,11-12,30-31H,2,4,8-10,13-14,29H2. The van der Waals surface area contributed by atoms with Crippen LogP contribution in [0.3, 0.4) is 0 Å². The van der Waals surface area contributed by atoms with Crippen molar-refractivity contribution in [3.05, 3.63) is 59.2 Å². The minimum Gasteiger partial charge on any atom is -0.493 e. The summed E-state index contributed by atoms with van der Waals surface area (Å²) in [5.74, 6) is -0.747. The first-order valence-corrected chi connectivity index (χ1v) is 10.0. The first-order chi connectivity index (χ1) is 15.3. The summed E-state index contributed by atoms with van der Waals surface area (Å²) in [5, 5.41) is 18.4. The molecule has 11 heteroatoms. The molecule has 0 fully saturated rings. The fourth-order valence-electron chi connectivity index (χ4n) is 3.04. The van der Waals surface area contributed by atoms with Gasteiger partial charge in [-0.3, -0.25) is 0 Å². The smallest absolute Gasteiger partial charge is 0.493 e. The predicted molar refractivity (Wildman–Crippen MR) is 108 cm³/mol. The maximum Gasteiger partial charge on any atom is 0.573 e. The van der Waals surface area contributed by atoms with Gasteiger partial charge in [0.25, 0.3) is 0 Å². The molecule has 0 bridgehead atoms. The Bertz CT molecular complexity index is 897. The summed E-state index contributed by atoms with van der Waals surface area (Å²) in [6, 6.07) is 8.89. The molecule has 0 aliphatic heterocycles. The molecule has 0 aliphatic carbocycles. The topological polar surface area (TPSA) is 84.9 Å². The number of aryl methyl sites for hydroxylation is 2. The number of benzene rings is 2. The maximum atomic E-state index is 13.5. The molecule has 0 aromatic heterocycles. The summed E-state index contributed by atoms with van der Waals surface area (Å²) in [6.07, 6.45) is -8.77. The highest BCUT2D eigenvalue weighted by molar-refractivity contribution is 5.39. The van der Waals surface area contributed by atoms with Crippen LogP contribution in [-0.2, 0) is 19.0 Å². The second-order valence-electron chi connectivity index (χ2n) is 7.65. The minimum absolute atomic E-state index is 0.0780. The van der Waals surface area contributed by atoms with Crippen molar-refractivity contribution < 1.29 is 46.0 Å². The van der Waals surface area contributed by atoms with E-state index in [1.165, 1.54) is 24.3 Å². The van der Waals surface area contributed by atoms with Gasteiger partial charge in [-0.25, -0.2) is 0 Å². The predicted octanol–water partition coefficient (Wildman–Crippen LogP) is 4.23. The molecule has 0 aliphatic rings. The molecule has 0 saturated heterocycles. The van der Waals surface area contributed by atoms with Crippen LogP contribution in [0.4, 0.5) is 26.3 Å². The van der Waals surface area contributed by atoms with Crippen LogP contribution in [0.5, 0.6) is 11.5 Å². The number of alkyl halides is 6. The van der Waals surface area contributed by atoms with Crippen molar-refractivity contribution in [2.24, 2.45) is 5.73 Å². The molecule has 0 unspecified atom stereocenters. The molecule has 5 nitrogen and oxygen atoms in total. The van der Waals surface area contributed by atoms with E-state index >= 15 is 0 Å². The SMILES string of the molecule is NC(CO)(CO)CCc1ccc(OCCCc2cccc(OC(F)(F)F)c2)c(C(F)(F)F)c1. The Morgan fingerprint density at radius 3 is 2.12 bits per heavy atom. The number of aliphatic hydroxyl groups excluding tert-OH is 2. The van der Waals surface area contributed by atoms with Crippen LogP contribution in [-0.4, -0.2) is 41.9 Å². The van der Waals surface area contributed by atoms with Gasteiger partial charge in [0, 0.05) is 0 Å². The van der Waals surface area contributed by atoms with E-state index in [1.807, 2.05) is 0 Å². The number of hydrogen-bond donors (Lipinski definition) is 3. The molecule has 184 valence electrons. The van der Waals surface area contributed by atoms with Gasteiger partial charge in [0.2, 0.25) is 0 Å². The van der Waals surface area contributed by atoms with Crippen molar-refractivity contribution in [2.75, 3.05) is 19.8 Å². The van der Waals surface area contributed by atoms with Crippen LogP contribution < -0.4 is 15.2 Å². The van der Waals surface area contributed by atoms with Gasteiger partial charge < -0.3 is 25.4 Å². The van der Waals surface area contributed by atoms with Gasteiger partial charge in [-0.15, -0.1) is 13.2 Å². The van der Waals surface area contributed by atoms with Gasteiger partial charge in [-0.05, 0) is 61.1 Å². The van der Waals surface area contributed by atoms with Gasteiger partial charge in [0.15, 0.2) is 0 Å². The third kappa shape index (κ3) is 8.75. The molecule has 0 radical (unpaired) electrons. The number of ether oxygens (including phenoxy) is 2. The second kappa shape index (κ2) is 11.1. The molecule has 2 aromatic carbocycles. The average Bonchev–Trinajstić information content (AvgIpc) is 2.74. The van der Waals surface area contributed by atoms with E-state index in [0.717, 1.165) is 12.1 Å². The zero-order valence-electron chi connectivity index (χ0n) is 17.5. The Hall–Kier alpha value is -2.50. The van der Waals surface area contributed by atoms with Crippen molar-refractivity contribution in [3.8, 4) is 11.5 Å². The van der Waals surface area contributed by atoms with E-state index < -0.39 is 36.9 Å². The lowest BCUT2D eigenvalue weighted by Crippen LogP contribution is -2.47. The molecule has 33 heavy (non-hydrogen) atoms. The van der Waals surface area contributed by atoms with E-state index in [9.17, 15) is 36.6 Å². The van der Waals surface area contributed by atoms with Crippen LogP contribution >= 0.6 is 0 Å². The van der Waals surface area contributed by atoms with E-state index in [-0.39, 0.29) is 43.8 Å². The maximum absolute atomic E-state index is 13.5. The van der Waals surface area contributed by atoms with Crippen LogP contribution in [0, 0.1) is 0 Å². The van der Waals surface area contributed by atoms with Gasteiger partial charge in [-0.1, -0.05) is 18.2 Å². The molecule has 2 aromatic rings. The van der Waals surface area contributed by atoms with Crippen LogP contribution in [0.2, 0.25) is 0 Å². The summed E-state index contributed by atoms with van der Waals surface area (Å²) in [4.78, 5) is 0. The van der Waals surface area contributed by atoms with Gasteiger partial charge in [0.05, 0.1) is 30.9 Å². The highest BCUT2D eigenvalue weighted by Crippen LogP contribution is 2.37. The number of halogens is 6. The van der Waals surface area contributed by atoms with Crippen molar-refractivity contribution in [3.63, 3.8) is 0 Å². The quantitative estimate of drug-likeness (QED) is 0.331. The number of hydrogen-bond acceptors (Lipinski definition) is 5. The average molecular weight is 481 g/mol. The summed E-state index contributed by atoms with van der Waals surface area (Å²) < 4.78 is 86.6. The van der Waals surface area contributed by atoms with Crippen molar-refractivity contribution in [1.29, 1.82) is 0 Å². The molecular weight excluding hydrogens is 456 g/mol. The number of rotatable bonds is 11. The van der Waals surface area contributed by atoms with Crippen LogP contribution in [0.15, 0.2) is 42.5 Å². The lowest BCUT2D eigenvalue weighted by Gasteiger charge is -2.24. The Kier molecular flexibility index (Phi) is 8.98. The lowest BCUT2D eigenvalue weighted by atomic mass is 9.93. The molecule has 2 rings (SSSR count). The summed E-state index contributed by atoms with van der Waals surface area (Å²) >= 11 is 0. The summed E-state index contributed by atoms with van der Waals surface area (Å²) in [6.45, 7) is -1.11. The lowest BCUT2D eigenvalue weighted by molar-refractivity contribution is -0.274.